The van der Waals surface area contributed by atoms with Crippen LogP contribution in [0.4, 0.5) is 17.1 Å². The molecular formula is C50H30N2O. The summed E-state index contributed by atoms with van der Waals surface area (Å²) in [6.07, 6.45) is 0. The largest absolute Gasteiger partial charge is 0.456 e. The molecule has 3 heterocycles. The van der Waals surface area contributed by atoms with Gasteiger partial charge in [0.25, 0.3) is 0 Å². The molecule has 3 nitrogen and oxygen atoms in total. The SMILES string of the molecule is c1ccc2c(c1)-c1ccccc1N(c1ccc3c(c1)oc1cc(-n4c5ccccc5c5c6ccccc6ccc54)ccc13)c1c-2ccc2ccccc12. The first-order valence-electron chi connectivity index (χ1n) is 18.2. The summed E-state index contributed by atoms with van der Waals surface area (Å²) in [6.45, 7) is 0. The Hall–Kier alpha value is -7.10. The molecule has 0 saturated heterocycles. The van der Waals surface area contributed by atoms with Gasteiger partial charge in [0.05, 0.1) is 22.4 Å². The number of hydrogen-bond acceptors (Lipinski definition) is 2. The summed E-state index contributed by atoms with van der Waals surface area (Å²) >= 11 is 0. The number of aromatic nitrogens is 1. The van der Waals surface area contributed by atoms with Crippen molar-refractivity contribution in [3.63, 3.8) is 0 Å². The predicted octanol–water partition coefficient (Wildman–Crippen LogP) is 14.1. The molecule has 1 aliphatic heterocycles. The van der Waals surface area contributed by atoms with E-state index in [0.29, 0.717) is 0 Å². The smallest absolute Gasteiger partial charge is 0.137 e. The zero-order chi connectivity index (χ0) is 34.6. The molecule has 53 heavy (non-hydrogen) atoms. The van der Waals surface area contributed by atoms with Gasteiger partial charge in [0.15, 0.2) is 0 Å². The molecule has 0 N–H and O–H groups in total. The summed E-state index contributed by atoms with van der Waals surface area (Å²) in [5, 5.41) is 9.68. The summed E-state index contributed by atoms with van der Waals surface area (Å²) in [4.78, 5) is 2.44. The molecule has 11 aromatic rings. The number of furan rings is 1. The number of para-hydroxylation sites is 2. The van der Waals surface area contributed by atoms with Gasteiger partial charge in [-0.2, -0.15) is 0 Å². The first kappa shape index (κ1) is 28.6. The summed E-state index contributed by atoms with van der Waals surface area (Å²) in [7, 11) is 0. The molecule has 0 radical (unpaired) electrons. The van der Waals surface area contributed by atoms with Crippen molar-refractivity contribution in [2.75, 3.05) is 4.90 Å². The third kappa shape index (κ3) is 3.99. The summed E-state index contributed by atoms with van der Waals surface area (Å²) in [6, 6.07) is 66.0. The highest BCUT2D eigenvalue weighted by Crippen LogP contribution is 2.53. The molecule has 0 atom stereocenters. The monoisotopic (exact) mass is 674 g/mol. The quantitative estimate of drug-likeness (QED) is 0.182. The Bertz CT molecular complexity index is 3310. The Balaban J connectivity index is 1.08. The second-order valence-corrected chi connectivity index (χ2v) is 14.1. The van der Waals surface area contributed by atoms with Crippen molar-refractivity contribution in [1.82, 2.24) is 4.57 Å². The van der Waals surface area contributed by atoms with Crippen molar-refractivity contribution >= 4 is 82.4 Å². The van der Waals surface area contributed by atoms with Crippen LogP contribution in [-0.4, -0.2) is 4.57 Å². The van der Waals surface area contributed by atoms with Crippen molar-refractivity contribution < 1.29 is 4.42 Å². The molecule has 3 heteroatoms. The molecule has 0 saturated carbocycles. The van der Waals surface area contributed by atoms with Crippen LogP contribution in [-0.2, 0) is 0 Å². The summed E-state index contributed by atoms with van der Waals surface area (Å²) in [5.74, 6) is 0. The standard InChI is InChI=1S/C50H30N2O/c1-3-13-35-31(11-1)22-28-46-49(35)43-18-8-10-20-45(43)51(46)33-23-26-40-41-27-24-34(30-48(41)53-47(40)29-33)52-44-19-9-7-17-39(44)37-15-5-6-16-38(37)42-25-21-32-12-2-4-14-36(32)50(42)52/h1-30H. The van der Waals surface area contributed by atoms with Crippen LogP contribution in [0.3, 0.4) is 0 Å². The number of rotatable bonds is 2. The number of benzene rings is 9. The first-order chi connectivity index (χ1) is 26.3. The maximum Gasteiger partial charge on any atom is 0.137 e. The normalized spacial score (nSPS) is 12.5. The molecule has 246 valence electrons. The highest BCUT2D eigenvalue weighted by Gasteiger charge is 2.28. The fraction of sp³-hybridized carbons (Fsp3) is 0. The van der Waals surface area contributed by atoms with E-state index in [-0.39, 0.29) is 0 Å². The van der Waals surface area contributed by atoms with Crippen molar-refractivity contribution in [3.05, 3.63) is 182 Å². The van der Waals surface area contributed by atoms with E-state index in [2.05, 4.69) is 191 Å². The Morgan fingerprint density at radius 1 is 0.358 bits per heavy atom. The lowest BCUT2D eigenvalue weighted by Crippen LogP contribution is -2.11. The summed E-state index contributed by atoms with van der Waals surface area (Å²) in [5.41, 5.74) is 13.5. The maximum absolute atomic E-state index is 6.83. The Morgan fingerprint density at radius 3 is 1.75 bits per heavy atom. The van der Waals surface area contributed by atoms with E-state index in [1.54, 1.807) is 0 Å². The lowest BCUT2D eigenvalue weighted by atomic mass is 9.93. The van der Waals surface area contributed by atoms with Crippen LogP contribution in [0.25, 0.3) is 93.2 Å². The number of fused-ring (bicyclic) bond motifs is 15. The van der Waals surface area contributed by atoms with Crippen LogP contribution in [0.2, 0.25) is 0 Å². The van der Waals surface area contributed by atoms with E-state index in [1.165, 1.54) is 71.3 Å². The molecule has 0 bridgehead atoms. The Morgan fingerprint density at radius 2 is 0.943 bits per heavy atom. The minimum Gasteiger partial charge on any atom is -0.456 e. The zero-order valence-electron chi connectivity index (χ0n) is 28.6. The fourth-order valence-electron chi connectivity index (χ4n) is 9.00. The minimum atomic E-state index is 0.865. The molecule has 2 aromatic heterocycles. The predicted molar refractivity (Wildman–Crippen MR) is 222 cm³/mol. The van der Waals surface area contributed by atoms with E-state index < -0.39 is 0 Å². The number of nitrogens with zero attached hydrogens (tertiary/aromatic N) is 2. The van der Waals surface area contributed by atoms with Crippen molar-refractivity contribution in [2.24, 2.45) is 0 Å². The van der Waals surface area contributed by atoms with E-state index in [9.17, 15) is 0 Å². The van der Waals surface area contributed by atoms with Crippen molar-refractivity contribution in [3.8, 4) is 27.9 Å². The molecule has 0 spiro atoms. The fourth-order valence-corrected chi connectivity index (χ4v) is 9.00. The molecule has 9 aromatic carbocycles. The molecule has 12 rings (SSSR count). The third-order valence-corrected chi connectivity index (χ3v) is 11.3. The van der Waals surface area contributed by atoms with E-state index >= 15 is 0 Å². The van der Waals surface area contributed by atoms with Crippen LogP contribution in [0.5, 0.6) is 0 Å². The molecule has 0 unspecified atom stereocenters. The third-order valence-electron chi connectivity index (χ3n) is 11.3. The van der Waals surface area contributed by atoms with Crippen LogP contribution in [0, 0.1) is 0 Å². The van der Waals surface area contributed by atoms with E-state index in [1.807, 2.05) is 0 Å². The van der Waals surface area contributed by atoms with Crippen molar-refractivity contribution in [1.29, 1.82) is 0 Å². The first-order valence-corrected chi connectivity index (χ1v) is 18.2. The average Bonchev–Trinajstić information content (AvgIpc) is 3.72. The molecule has 0 aliphatic carbocycles. The topological polar surface area (TPSA) is 21.3 Å². The van der Waals surface area contributed by atoms with E-state index in [0.717, 1.165) is 39.0 Å². The van der Waals surface area contributed by atoms with Gasteiger partial charge >= 0.3 is 0 Å². The van der Waals surface area contributed by atoms with Crippen LogP contribution >= 0.6 is 0 Å². The van der Waals surface area contributed by atoms with E-state index in [4.69, 9.17) is 4.42 Å². The van der Waals surface area contributed by atoms with Gasteiger partial charge in [-0.05, 0) is 69.8 Å². The van der Waals surface area contributed by atoms with Gasteiger partial charge in [0.1, 0.15) is 11.2 Å². The number of hydrogen-bond donors (Lipinski definition) is 0. The lowest BCUT2D eigenvalue weighted by Gasteiger charge is -2.28. The maximum atomic E-state index is 6.83. The number of anilines is 3. The second kappa shape index (κ2) is 10.7. The minimum absolute atomic E-state index is 0.865. The van der Waals surface area contributed by atoms with Gasteiger partial charge in [-0.15, -0.1) is 0 Å². The molecule has 0 fully saturated rings. The second-order valence-electron chi connectivity index (χ2n) is 14.1. The Kier molecular flexibility index (Phi) is 5.77. The zero-order valence-corrected chi connectivity index (χ0v) is 28.6. The average molecular weight is 675 g/mol. The Labute approximate surface area is 305 Å². The molecular weight excluding hydrogens is 645 g/mol. The lowest BCUT2D eigenvalue weighted by molar-refractivity contribution is 0.668. The van der Waals surface area contributed by atoms with Gasteiger partial charge in [0.2, 0.25) is 0 Å². The highest BCUT2D eigenvalue weighted by molar-refractivity contribution is 6.21. The van der Waals surface area contributed by atoms with Gasteiger partial charge < -0.3 is 13.9 Å². The van der Waals surface area contributed by atoms with Gasteiger partial charge in [-0.3, -0.25) is 0 Å². The van der Waals surface area contributed by atoms with Gasteiger partial charge in [-0.25, -0.2) is 0 Å². The molecule has 0 amide bonds. The van der Waals surface area contributed by atoms with Gasteiger partial charge in [0, 0.05) is 61.6 Å². The van der Waals surface area contributed by atoms with Gasteiger partial charge in [-0.1, -0.05) is 127 Å². The summed E-state index contributed by atoms with van der Waals surface area (Å²) < 4.78 is 9.21. The van der Waals surface area contributed by atoms with Crippen LogP contribution in [0.1, 0.15) is 0 Å². The molecule has 1 aliphatic rings. The van der Waals surface area contributed by atoms with Crippen LogP contribution in [0.15, 0.2) is 186 Å². The van der Waals surface area contributed by atoms with Crippen molar-refractivity contribution in [2.45, 2.75) is 0 Å². The van der Waals surface area contributed by atoms with Crippen LogP contribution < -0.4 is 4.90 Å². The highest BCUT2D eigenvalue weighted by atomic mass is 16.3.